The minimum atomic E-state index is -0.412. The van der Waals surface area contributed by atoms with Crippen LogP contribution in [-0.2, 0) is 44.7 Å². The highest BCUT2D eigenvalue weighted by molar-refractivity contribution is 7.09. The third-order valence-electron chi connectivity index (χ3n) is 10.7. The van der Waals surface area contributed by atoms with Crippen LogP contribution in [-0.4, -0.2) is 124 Å². The fourth-order valence-electron chi connectivity index (χ4n) is 6.67. The molecule has 6 N–H and O–H groups in total. The number of hydrogen-bond acceptors (Lipinski definition) is 12. The largest absolute Gasteiger partial charge is 0.374 e. The summed E-state index contributed by atoms with van der Waals surface area (Å²) in [5.41, 5.74) is 6.01. The van der Waals surface area contributed by atoms with Gasteiger partial charge in [0, 0.05) is 76.3 Å². The Bertz CT molecular complexity index is 1730. The monoisotopic (exact) mass is 959 g/mol. The number of nitrogens with two attached hydrogens (primary N) is 1. The zero-order valence-corrected chi connectivity index (χ0v) is 42.7. The van der Waals surface area contributed by atoms with Crippen molar-refractivity contribution in [1.82, 2.24) is 30.7 Å². The zero-order chi connectivity index (χ0) is 50.6. The molecule has 2 aromatic rings. The van der Waals surface area contributed by atoms with Gasteiger partial charge in [0.2, 0.25) is 30.0 Å². The van der Waals surface area contributed by atoms with Crippen molar-refractivity contribution in [3.63, 3.8) is 0 Å². The molecule has 0 fully saturated rings. The number of likely N-dealkylation sites (N-methyl/N-ethyl adjacent to an activating group) is 1. The molecule has 2 rings (SSSR count). The summed E-state index contributed by atoms with van der Waals surface area (Å²) in [6.45, 7) is 14.2. The van der Waals surface area contributed by atoms with E-state index in [0.717, 1.165) is 24.5 Å². The number of unbranched alkanes of at least 4 members (excludes halogenated alkanes) is 5. The number of anilines is 1. The molecule has 67 heavy (non-hydrogen) atoms. The fourth-order valence-corrected chi connectivity index (χ4v) is 7.55. The normalized spacial score (nSPS) is 12.6. The van der Waals surface area contributed by atoms with Crippen LogP contribution in [0.1, 0.15) is 139 Å². The maximum absolute atomic E-state index is 13.3. The quantitative estimate of drug-likeness (QED) is 0.0248. The van der Waals surface area contributed by atoms with Crippen molar-refractivity contribution in [3.8, 4) is 0 Å². The van der Waals surface area contributed by atoms with Gasteiger partial charge in [-0.3, -0.25) is 33.6 Å². The van der Waals surface area contributed by atoms with Crippen LogP contribution in [0.5, 0.6) is 0 Å². The highest BCUT2D eigenvalue weighted by atomic mass is 32.1. The van der Waals surface area contributed by atoms with Gasteiger partial charge in [0.05, 0.1) is 6.54 Å². The lowest BCUT2D eigenvalue weighted by Crippen LogP contribution is -2.45. The molecule has 0 aliphatic rings. The Morgan fingerprint density at radius 1 is 0.925 bits per heavy atom. The predicted molar refractivity (Wildman–Crippen MR) is 266 cm³/mol. The standard InChI is InChI=1S/C41H62N6O8S.C7H17N.CH3NO/c1-9-29(4)22-39(52)47(27-54-7)34(28(2)3)24-35(55-8)41-45-33(26-56-41)40(53)43-30(5)23-31-16-18-32(19-17-31)44-37(50)25-42-36(49)14-11-10-12-20-46(6)38(51)15-13-21-48;1-3-4-5-6-7-8-2;2-1-3/h13,15-19,21,26,28-30,34-35H,9-12,14,20,22-25,27H2,1-8H3,(H,42,49)(H,43,53)(H,44,50);8H,3-7H2,1-2H3;1H,(H2,2,3)/b15-13-;;/t29-,30?,34?,35?;;/m0../s1. The molecule has 0 bridgehead atoms. The van der Waals surface area contributed by atoms with E-state index in [1.54, 1.807) is 43.7 Å². The molecule has 1 aromatic heterocycles. The van der Waals surface area contributed by atoms with Gasteiger partial charge in [-0.05, 0) is 81.8 Å². The van der Waals surface area contributed by atoms with Crippen LogP contribution in [0.3, 0.4) is 0 Å². The summed E-state index contributed by atoms with van der Waals surface area (Å²) in [6.07, 6.45) is 13.0. The first-order valence-electron chi connectivity index (χ1n) is 23.5. The Morgan fingerprint density at radius 2 is 1.60 bits per heavy atom. The summed E-state index contributed by atoms with van der Waals surface area (Å²) in [7, 11) is 6.85. The molecule has 378 valence electrons. The number of benzene rings is 1. The van der Waals surface area contributed by atoms with E-state index in [-0.39, 0.29) is 79.6 Å². The molecule has 4 atom stereocenters. The van der Waals surface area contributed by atoms with Crippen molar-refractivity contribution in [3.05, 3.63) is 58.1 Å². The molecular weight excluding hydrogens is 877 g/mol. The molecule has 0 saturated heterocycles. The lowest BCUT2D eigenvalue weighted by molar-refractivity contribution is -0.142. The fraction of sp³-hybridized carbons (Fsp3) is 0.633. The Morgan fingerprint density at radius 3 is 2.18 bits per heavy atom. The van der Waals surface area contributed by atoms with Crippen molar-refractivity contribution in [2.24, 2.45) is 17.6 Å². The maximum atomic E-state index is 13.3. The highest BCUT2D eigenvalue weighted by Crippen LogP contribution is 2.30. The first kappa shape index (κ1) is 62.0. The Balaban J connectivity index is 0.00000352. The van der Waals surface area contributed by atoms with Gasteiger partial charge in [-0.25, -0.2) is 4.98 Å². The molecule has 0 spiro atoms. The predicted octanol–water partition coefficient (Wildman–Crippen LogP) is 6.19. The smallest absolute Gasteiger partial charge is 0.270 e. The summed E-state index contributed by atoms with van der Waals surface area (Å²) in [6, 6.07) is 6.93. The number of aldehydes is 1. The average Bonchev–Trinajstić information content (AvgIpc) is 3.80. The number of carbonyl (C=O) groups excluding carboxylic acids is 7. The van der Waals surface area contributed by atoms with Gasteiger partial charge in [0.25, 0.3) is 5.91 Å². The first-order chi connectivity index (χ1) is 32.0. The second kappa shape index (κ2) is 38.0. The number of rotatable bonds is 31. The second-order valence-corrected chi connectivity index (χ2v) is 17.7. The number of nitrogens with one attached hydrogen (secondary N) is 4. The molecule has 18 heteroatoms. The van der Waals surface area contributed by atoms with Crippen LogP contribution in [0.25, 0.3) is 0 Å². The van der Waals surface area contributed by atoms with Gasteiger partial charge < -0.3 is 46.3 Å². The van der Waals surface area contributed by atoms with E-state index in [0.29, 0.717) is 61.3 Å². The number of allylic oxidation sites excluding steroid dienone is 1. The van der Waals surface area contributed by atoms with E-state index in [4.69, 9.17) is 14.3 Å². The molecular formula is C49H82N8O9S. The van der Waals surface area contributed by atoms with Gasteiger partial charge in [-0.2, -0.15) is 0 Å². The summed E-state index contributed by atoms with van der Waals surface area (Å²) >= 11 is 1.35. The third-order valence-corrected chi connectivity index (χ3v) is 11.7. The maximum Gasteiger partial charge on any atom is 0.270 e. The number of nitrogens with zero attached hydrogens (tertiary/aromatic N) is 3. The van der Waals surface area contributed by atoms with Crippen LogP contribution in [0, 0.1) is 11.8 Å². The molecule has 17 nitrogen and oxygen atoms in total. The van der Waals surface area contributed by atoms with E-state index in [1.165, 1.54) is 54.5 Å². The molecule has 3 unspecified atom stereocenters. The number of aromatic nitrogens is 1. The van der Waals surface area contributed by atoms with Crippen molar-refractivity contribution in [1.29, 1.82) is 0 Å². The summed E-state index contributed by atoms with van der Waals surface area (Å²) in [5.74, 6) is -0.676. The SMILES string of the molecule is CCCCCCNC.CC[C@H](C)CC(=O)N(COC)C(CC(OC)c1nc(C(=O)NC(C)Cc2ccc(NC(=O)CNC(=O)CCCCCN(C)C(=O)/C=C\C=O)cc2)cs1)C(C)C.NC=O. The van der Waals surface area contributed by atoms with Gasteiger partial charge in [0.1, 0.15) is 29.8 Å². The van der Waals surface area contributed by atoms with Gasteiger partial charge >= 0.3 is 0 Å². The van der Waals surface area contributed by atoms with Crippen molar-refractivity contribution in [2.75, 3.05) is 60.0 Å². The van der Waals surface area contributed by atoms with Crippen LogP contribution in [0.15, 0.2) is 41.8 Å². The van der Waals surface area contributed by atoms with Crippen LogP contribution in [0.2, 0.25) is 0 Å². The average molecular weight is 959 g/mol. The van der Waals surface area contributed by atoms with E-state index >= 15 is 0 Å². The number of ether oxygens (including phenoxy) is 2. The molecule has 0 aliphatic heterocycles. The number of methoxy groups -OCH3 is 2. The van der Waals surface area contributed by atoms with E-state index in [1.807, 2.05) is 26.1 Å². The topological polar surface area (TPSA) is 231 Å². The minimum absolute atomic E-state index is 0.0481. The Labute approximate surface area is 404 Å². The number of primary amides is 1. The third kappa shape index (κ3) is 28.0. The highest BCUT2D eigenvalue weighted by Gasteiger charge is 2.31. The molecule has 1 heterocycles. The molecule has 1 aromatic carbocycles. The number of thiazole rings is 1. The van der Waals surface area contributed by atoms with Crippen LogP contribution < -0.4 is 27.0 Å². The lowest BCUT2D eigenvalue weighted by atomic mass is 9.95. The molecule has 0 radical (unpaired) electrons. The number of hydrogen-bond donors (Lipinski definition) is 5. The van der Waals surface area contributed by atoms with Crippen molar-refractivity contribution in [2.45, 2.75) is 137 Å². The van der Waals surface area contributed by atoms with Gasteiger partial charge in [-0.1, -0.05) is 78.9 Å². The van der Waals surface area contributed by atoms with Crippen LogP contribution in [0.4, 0.5) is 5.69 Å². The lowest BCUT2D eigenvalue weighted by Gasteiger charge is -2.36. The first-order valence-corrected chi connectivity index (χ1v) is 24.3. The number of amides is 6. The Hall–Kier alpha value is -5.04. The van der Waals surface area contributed by atoms with Crippen LogP contribution >= 0.6 is 11.3 Å². The molecule has 0 saturated carbocycles. The van der Waals surface area contributed by atoms with Gasteiger partial charge in [0.15, 0.2) is 0 Å². The Kier molecular flexibility index (Phi) is 35.1. The summed E-state index contributed by atoms with van der Waals surface area (Å²) in [5, 5.41) is 13.9. The second-order valence-electron chi connectivity index (χ2n) is 16.8. The number of carbonyl (C=O) groups is 7. The zero-order valence-electron chi connectivity index (χ0n) is 41.9. The van der Waals surface area contributed by atoms with Crippen molar-refractivity contribution < 1.29 is 43.0 Å². The molecule has 6 amide bonds. The van der Waals surface area contributed by atoms with Crippen molar-refractivity contribution >= 4 is 59.3 Å². The summed E-state index contributed by atoms with van der Waals surface area (Å²) < 4.78 is 11.3. The minimum Gasteiger partial charge on any atom is -0.374 e. The van der Waals surface area contributed by atoms with Gasteiger partial charge in [-0.15, -0.1) is 11.3 Å². The van der Waals surface area contributed by atoms with E-state index in [2.05, 4.69) is 66.6 Å². The van der Waals surface area contributed by atoms with E-state index in [9.17, 15) is 28.8 Å². The van der Waals surface area contributed by atoms with E-state index < -0.39 is 6.10 Å². The molecule has 0 aliphatic carbocycles. The summed E-state index contributed by atoms with van der Waals surface area (Å²) in [4.78, 5) is 89.7.